The molecule has 5 amide bonds. The highest BCUT2D eigenvalue weighted by molar-refractivity contribution is 6.39. The number of nitrogens with zero attached hydrogens (tertiary/aromatic N) is 2. The van der Waals surface area contributed by atoms with Crippen LogP contribution in [0, 0.1) is 27.7 Å². The van der Waals surface area contributed by atoms with Crippen LogP contribution in [0.5, 0.6) is 0 Å². The van der Waals surface area contributed by atoms with Gasteiger partial charge in [-0.3, -0.25) is 19.7 Å². The molecule has 1 aromatic heterocycles. The summed E-state index contributed by atoms with van der Waals surface area (Å²) >= 11 is 0. The molecule has 3 aromatic rings. The van der Waals surface area contributed by atoms with Gasteiger partial charge in [0.2, 0.25) is 5.91 Å². The van der Waals surface area contributed by atoms with Gasteiger partial charge in [-0.25, -0.2) is 9.69 Å². The van der Waals surface area contributed by atoms with Crippen molar-refractivity contribution in [3.63, 3.8) is 0 Å². The van der Waals surface area contributed by atoms with E-state index in [4.69, 9.17) is 0 Å². The first-order valence-corrected chi connectivity index (χ1v) is 11.1. The van der Waals surface area contributed by atoms with Crippen LogP contribution in [0.25, 0.3) is 11.8 Å². The lowest BCUT2D eigenvalue weighted by molar-refractivity contribution is -0.122. The summed E-state index contributed by atoms with van der Waals surface area (Å²) in [5.41, 5.74) is 6.19. The fourth-order valence-corrected chi connectivity index (χ4v) is 4.14. The van der Waals surface area contributed by atoms with Crippen LogP contribution in [0.3, 0.4) is 0 Å². The first-order chi connectivity index (χ1) is 16.6. The van der Waals surface area contributed by atoms with Crippen LogP contribution in [0.2, 0.25) is 0 Å². The molecule has 35 heavy (non-hydrogen) atoms. The SMILES string of the molecule is CC(=O)Nc1ccc(-n2c(C)cc(/C=C3\C(=O)NC(=O)N(c4ccc(C)c(C)c4)C3=O)c2C)cc1. The Kier molecular flexibility index (Phi) is 6.13. The van der Waals surface area contributed by atoms with Gasteiger partial charge < -0.3 is 9.88 Å². The Morgan fingerprint density at radius 3 is 2.17 bits per heavy atom. The molecule has 2 heterocycles. The third-order valence-electron chi connectivity index (χ3n) is 6.07. The minimum absolute atomic E-state index is 0.121. The zero-order valence-corrected chi connectivity index (χ0v) is 20.2. The number of hydrogen-bond acceptors (Lipinski definition) is 4. The maximum absolute atomic E-state index is 13.3. The summed E-state index contributed by atoms with van der Waals surface area (Å²) in [5.74, 6) is -1.56. The van der Waals surface area contributed by atoms with Gasteiger partial charge in [0.25, 0.3) is 11.8 Å². The molecule has 4 rings (SSSR count). The molecule has 0 bridgehead atoms. The summed E-state index contributed by atoms with van der Waals surface area (Å²) in [5, 5.41) is 5.01. The predicted molar refractivity (Wildman–Crippen MR) is 134 cm³/mol. The Balaban J connectivity index is 1.71. The summed E-state index contributed by atoms with van der Waals surface area (Å²) < 4.78 is 1.99. The van der Waals surface area contributed by atoms with Crippen molar-refractivity contribution in [3.05, 3.63) is 82.2 Å². The molecule has 1 aliphatic heterocycles. The molecule has 1 fully saturated rings. The fourth-order valence-electron chi connectivity index (χ4n) is 4.14. The minimum Gasteiger partial charge on any atom is -0.326 e. The van der Waals surface area contributed by atoms with Gasteiger partial charge in [0.15, 0.2) is 0 Å². The van der Waals surface area contributed by atoms with Gasteiger partial charge >= 0.3 is 6.03 Å². The van der Waals surface area contributed by atoms with E-state index < -0.39 is 17.8 Å². The van der Waals surface area contributed by atoms with Gasteiger partial charge in [-0.05, 0) is 92.9 Å². The van der Waals surface area contributed by atoms with Crippen molar-refractivity contribution < 1.29 is 19.2 Å². The highest BCUT2D eigenvalue weighted by Crippen LogP contribution is 2.27. The third kappa shape index (κ3) is 4.50. The summed E-state index contributed by atoms with van der Waals surface area (Å²) in [7, 11) is 0. The number of aryl methyl sites for hydroxylation is 3. The van der Waals surface area contributed by atoms with Crippen LogP contribution >= 0.6 is 0 Å². The number of carbonyl (C=O) groups excluding carboxylic acids is 4. The van der Waals surface area contributed by atoms with Crippen molar-refractivity contribution in [3.8, 4) is 5.69 Å². The van der Waals surface area contributed by atoms with E-state index >= 15 is 0 Å². The van der Waals surface area contributed by atoms with E-state index in [9.17, 15) is 19.2 Å². The standard InChI is InChI=1S/C27H26N4O4/c1-15-6-9-23(12-16(15)2)31-26(34)24(25(33)29-27(31)35)14-20-13-17(3)30(18(20)4)22-10-7-21(8-11-22)28-19(5)32/h6-14H,1-5H3,(H,28,32)(H,29,33,35)/b24-14+. The maximum Gasteiger partial charge on any atom is 0.335 e. The number of amides is 5. The van der Waals surface area contributed by atoms with Gasteiger partial charge in [-0.2, -0.15) is 0 Å². The number of rotatable bonds is 4. The predicted octanol–water partition coefficient (Wildman–Crippen LogP) is 4.34. The first kappa shape index (κ1) is 23.7. The largest absolute Gasteiger partial charge is 0.335 e. The second kappa shape index (κ2) is 9.06. The van der Waals surface area contributed by atoms with Gasteiger partial charge in [-0.15, -0.1) is 0 Å². The molecule has 178 valence electrons. The highest BCUT2D eigenvalue weighted by atomic mass is 16.2. The van der Waals surface area contributed by atoms with Crippen LogP contribution < -0.4 is 15.5 Å². The number of nitrogens with one attached hydrogen (secondary N) is 2. The Bertz CT molecular complexity index is 1410. The lowest BCUT2D eigenvalue weighted by atomic mass is 10.1. The average molecular weight is 471 g/mol. The van der Waals surface area contributed by atoms with Crippen LogP contribution in [0.15, 0.2) is 54.1 Å². The molecule has 2 aromatic carbocycles. The smallest absolute Gasteiger partial charge is 0.326 e. The van der Waals surface area contributed by atoms with E-state index in [-0.39, 0.29) is 11.5 Å². The van der Waals surface area contributed by atoms with Gasteiger partial charge in [-0.1, -0.05) is 6.07 Å². The molecule has 0 spiro atoms. The first-order valence-electron chi connectivity index (χ1n) is 11.1. The van der Waals surface area contributed by atoms with Gasteiger partial charge in [0, 0.05) is 29.7 Å². The van der Waals surface area contributed by atoms with Crippen molar-refractivity contribution in [1.82, 2.24) is 9.88 Å². The molecule has 0 radical (unpaired) electrons. The summed E-state index contributed by atoms with van der Waals surface area (Å²) in [4.78, 5) is 50.7. The van der Waals surface area contributed by atoms with E-state index in [2.05, 4.69) is 10.6 Å². The lowest BCUT2D eigenvalue weighted by Gasteiger charge is -2.26. The molecular weight excluding hydrogens is 444 g/mol. The molecule has 0 atom stereocenters. The average Bonchev–Trinajstić information content (AvgIpc) is 3.06. The van der Waals surface area contributed by atoms with Gasteiger partial charge in [0.1, 0.15) is 5.57 Å². The number of benzene rings is 2. The van der Waals surface area contributed by atoms with Crippen LogP contribution in [-0.2, 0) is 14.4 Å². The number of urea groups is 1. The number of imide groups is 2. The molecule has 0 saturated carbocycles. The molecule has 1 aliphatic rings. The Hall–Kier alpha value is -4.46. The molecule has 8 heteroatoms. The van der Waals surface area contributed by atoms with E-state index in [1.54, 1.807) is 24.3 Å². The Labute approximate surface area is 203 Å². The van der Waals surface area contributed by atoms with Crippen molar-refractivity contribution in [2.24, 2.45) is 0 Å². The summed E-state index contributed by atoms with van der Waals surface area (Å²) in [6.07, 6.45) is 1.52. The second-order valence-corrected chi connectivity index (χ2v) is 8.62. The minimum atomic E-state index is -0.773. The van der Waals surface area contributed by atoms with Crippen LogP contribution in [-0.4, -0.2) is 28.3 Å². The molecule has 8 nitrogen and oxygen atoms in total. The number of barbiturate groups is 1. The highest BCUT2D eigenvalue weighted by Gasteiger charge is 2.37. The molecule has 1 saturated heterocycles. The number of anilines is 2. The van der Waals surface area contributed by atoms with Crippen molar-refractivity contribution in [1.29, 1.82) is 0 Å². The van der Waals surface area contributed by atoms with E-state index in [0.29, 0.717) is 16.9 Å². The van der Waals surface area contributed by atoms with E-state index in [1.165, 1.54) is 13.0 Å². The van der Waals surface area contributed by atoms with Crippen molar-refractivity contribution in [2.45, 2.75) is 34.6 Å². The fraction of sp³-hybridized carbons (Fsp3) is 0.185. The topological polar surface area (TPSA) is 101 Å². The van der Waals surface area contributed by atoms with Crippen molar-refractivity contribution >= 4 is 41.2 Å². The van der Waals surface area contributed by atoms with Crippen LogP contribution in [0.1, 0.15) is 35.0 Å². The third-order valence-corrected chi connectivity index (χ3v) is 6.07. The second-order valence-electron chi connectivity index (χ2n) is 8.62. The van der Waals surface area contributed by atoms with Crippen molar-refractivity contribution in [2.75, 3.05) is 10.2 Å². The zero-order valence-electron chi connectivity index (χ0n) is 20.2. The monoisotopic (exact) mass is 470 g/mol. The Morgan fingerprint density at radius 2 is 1.54 bits per heavy atom. The number of carbonyl (C=O) groups is 4. The summed E-state index contributed by atoms with van der Waals surface area (Å²) in [6, 6.07) is 13.7. The molecule has 0 aliphatic carbocycles. The van der Waals surface area contributed by atoms with Gasteiger partial charge in [0.05, 0.1) is 5.69 Å². The molecule has 0 unspecified atom stereocenters. The quantitative estimate of drug-likeness (QED) is 0.438. The van der Waals surface area contributed by atoms with E-state index in [0.717, 1.165) is 33.1 Å². The molecule has 2 N–H and O–H groups in total. The molecular formula is C27H26N4O4. The summed E-state index contributed by atoms with van der Waals surface area (Å²) in [6.45, 7) is 9.09. The Morgan fingerprint density at radius 1 is 0.886 bits per heavy atom. The zero-order chi connectivity index (χ0) is 25.4. The lowest BCUT2D eigenvalue weighted by Crippen LogP contribution is -2.54. The normalized spacial score (nSPS) is 14.9. The van der Waals surface area contributed by atoms with Crippen LogP contribution in [0.4, 0.5) is 16.2 Å². The van der Waals surface area contributed by atoms with E-state index in [1.807, 2.05) is 56.5 Å². The number of hydrogen-bond donors (Lipinski definition) is 2. The maximum atomic E-state index is 13.3. The number of aromatic nitrogens is 1.